The zero-order valence-electron chi connectivity index (χ0n) is 12.2. The zero-order chi connectivity index (χ0) is 13.2. The summed E-state index contributed by atoms with van der Waals surface area (Å²) in [6, 6.07) is 1.19. The van der Waals surface area contributed by atoms with Crippen molar-refractivity contribution in [1.82, 2.24) is 14.9 Å². The molecular formula is C15H27N3. The van der Waals surface area contributed by atoms with Crippen LogP contribution in [-0.2, 0) is 6.54 Å². The van der Waals surface area contributed by atoms with Crippen molar-refractivity contribution in [1.29, 1.82) is 0 Å². The molecule has 0 bridgehead atoms. The molecular weight excluding hydrogens is 222 g/mol. The zero-order valence-corrected chi connectivity index (χ0v) is 12.2. The summed E-state index contributed by atoms with van der Waals surface area (Å²) in [6.45, 7) is 10.3. The maximum atomic E-state index is 4.14. The van der Waals surface area contributed by atoms with Crippen LogP contribution in [0.2, 0.25) is 0 Å². The standard InChI is InChI=1S/C15H27N3/c1-5-13(12-6-7-12)17-14(15(2,3)4)10-18-9-8-16-11-18/h8-9,11-14,17H,5-7,10H2,1-4H3. The minimum atomic E-state index is 0.270. The van der Waals surface area contributed by atoms with Gasteiger partial charge in [-0.25, -0.2) is 4.98 Å². The van der Waals surface area contributed by atoms with Crippen molar-refractivity contribution in [3.63, 3.8) is 0 Å². The molecule has 2 rings (SSSR count). The van der Waals surface area contributed by atoms with E-state index in [1.165, 1.54) is 19.3 Å². The monoisotopic (exact) mass is 249 g/mol. The first-order valence-corrected chi connectivity index (χ1v) is 7.22. The lowest BCUT2D eigenvalue weighted by Crippen LogP contribution is -2.48. The molecule has 0 aromatic carbocycles. The molecule has 1 heterocycles. The number of hydrogen-bond acceptors (Lipinski definition) is 2. The molecule has 2 atom stereocenters. The van der Waals surface area contributed by atoms with Crippen LogP contribution in [0.25, 0.3) is 0 Å². The molecule has 1 fully saturated rings. The molecule has 3 heteroatoms. The lowest BCUT2D eigenvalue weighted by molar-refractivity contribution is 0.211. The lowest BCUT2D eigenvalue weighted by atomic mass is 9.85. The second-order valence-electron chi connectivity index (χ2n) is 6.70. The van der Waals surface area contributed by atoms with Gasteiger partial charge in [-0.2, -0.15) is 0 Å². The second kappa shape index (κ2) is 5.43. The van der Waals surface area contributed by atoms with Crippen molar-refractivity contribution in [2.24, 2.45) is 11.3 Å². The van der Waals surface area contributed by atoms with Crippen LogP contribution in [0.3, 0.4) is 0 Å². The molecule has 102 valence electrons. The highest BCUT2D eigenvalue weighted by molar-refractivity contribution is 4.91. The van der Waals surface area contributed by atoms with Gasteiger partial charge in [-0.15, -0.1) is 0 Å². The minimum Gasteiger partial charge on any atom is -0.336 e. The second-order valence-corrected chi connectivity index (χ2v) is 6.70. The molecule has 0 saturated heterocycles. The molecule has 0 aliphatic heterocycles. The Hall–Kier alpha value is -0.830. The topological polar surface area (TPSA) is 29.9 Å². The maximum absolute atomic E-state index is 4.14. The summed E-state index contributed by atoms with van der Waals surface area (Å²) >= 11 is 0. The summed E-state index contributed by atoms with van der Waals surface area (Å²) in [6.07, 6.45) is 9.89. The normalized spacial score (nSPS) is 19.8. The van der Waals surface area contributed by atoms with Gasteiger partial charge in [0.15, 0.2) is 0 Å². The highest BCUT2D eigenvalue weighted by Gasteiger charge is 2.34. The third-order valence-corrected chi connectivity index (χ3v) is 4.04. The van der Waals surface area contributed by atoms with Gasteiger partial charge in [0.25, 0.3) is 0 Å². The Balaban J connectivity index is 2.00. The van der Waals surface area contributed by atoms with E-state index in [2.05, 4.69) is 48.8 Å². The molecule has 18 heavy (non-hydrogen) atoms. The number of aromatic nitrogens is 2. The fourth-order valence-corrected chi connectivity index (χ4v) is 2.53. The maximum Gasteiger partial charge on any atom is 0.0946 e. The molecule has 1 aliphatic rings. The van der Waals surface area contributed by atoms with Crippen molar-refractivity contribution < 1.29 is 0 Å². The van der Waals surface area contributed by atoms with Gasteiger partial charge in [-0.05, 0) is 30.6 Å². The molecule has 3 nitrogen and oxygen atoms in total. The van der Waals surface area contributed by atoms with E-state index in [0.29, 0.717) is 12.1 Å². The van der Waals surface area contributed by atoms with Gasteiger partial charge in [-0.3, -0.25) is 0 Å². The van der Waals surface area contributed by atoms with E-state index in [-0.39, 0.29) is 5.41 Å². The van der Waals surface area contributed by atoms with E-state index in [1.54, 1.807) is 0 Å². The highest BCUT2D eigenvalue weighted by Crippen LogP contribution is 2.35. The van der Waals surface area contributed by atoms with Crippen LogP contribution in [0, 0.1) is 11.3 Å². The molecule has 1 saturated carbocycles. The van der Waals surface area contributed by atoms with Gasteiger partial charge in [0, 0.05) is 31.0 Å². The van der Waals surface area contributed by atoms with Gasteiger partial charge in [0.2, 0.25) is 0 Å². The molecule has 1 N–H and O–H groups in total. The Kier molecular flexibility index (Phi) is 4.10. The first-order valence-electron chi connectivity index (χ1n) is 7.22. The minimum absolute atomic E-state index is 0.270. The van der Waals surface area contributed by atoms with Crippen LogP contribution >= 0.6 is 0 Å². The predicted molar refractivity (Wildman–Crippen MR) is 75.4 cm³/mol. The van der Waals surface area contributed by atoms with Crippen LogP contribution in [0.4, 0.5) is 0 Å². The first kappa shape index (κ1) is 13.6. The number of hydrogen-bond donors (Lipinski definition) is 1. The van der Waals surface area contributed by atoms with Crippen LogP contribution in [0.5, 0.6) is 0 Å². The van der Waals surface area contributed by atoms with Gasteiger partial charge in [-0.1, -0.05) is 27.7 Å². The summed E-state index contributed by atoms with van der Waals surface area (Å²) in [4.78, 5) is 4.14. The van der Waals surface area contributed by atoms with Crippen molar-refractivity contribution in [3.8, 4) is 0 Å². The van der Waals surface area contributed by atoms with E-state index in [0.717, 1.165) is 12.5 Å². The fraction of sp³-hybridized carbons (Fsp3) is 0.800. The van der Waals surface area contributed by atoms with Gasteiger partial charge >= 0.3 is 0 Å². The van der Waals surface area contributed by atoms with Crippen LogP contribution < -0.4 is 5.32 Å². The molecule has 2 unspecified atom stereocenters. The first-order chi connectivity index (χ1) is 8.50. The Labute approximate surface area is 111 Å². The van der Waals surface area contributed by atoms with E-state index in [4.69, 9.17) is 0 Å². The largest absolute Gasteiger partial charge is 0.336 e. The number of nitrogens with zero attached hydrogens (tertiary/aromatic N) is 2. The van der Waals surface area contributed by atoms with Crippen molar-refractivity contribution in [2.75, 3.05) is 0 Å². The summed E-state index contributed by atoms with van der Waals surface area (Å²) in [5.74, 6) is 0.919. The van der Waals surface area contributed by atoms with Crippen molar-refractivity contribution in [3.05, 3.63) is 18.7 Å². The van der Waals surface area contributed by atoms with E-state index in [9.17, 15) is 0 Å². The van der Waals surface area contributed by atoms with Crippen LogP contribution in [-0.4, -0.2) is 21.6 Å². The molecule has 0 spiro atoms. The Bertz CT molecular complexity index is 346. The van der Waals surface area contributed by atoms with E-state index < -0.39 is 0 Å². The van der Waals surface area contributed by atoms with E-state index in [1.807, 2.05) is 12.5 Å². The van der Waals surface area contributed by atoms with E-state index >= 15 is 0 Å². The molecule has 1 aromatic heterocycles. The molecule has 0 amide bonds. The summed E-state index contributed by atoms with van der Waals surface area (Å²) in [5, 5.41) is 3.90. The fourth-order valence-electron chi connectivity index (χ4n) is 2.53. The average Bonchev–Trinajstić information content (AvgIpc) is 3.00. The summed E-state index contributed by atoms with van der Waals surface area (Å²) < 4.78 is 2.18. The SMILES string of the molecule is CCC(NC(Cn1ccnc1)C(C)(C)C)C1CC1. The average molecular weight is 249 g/mol. The molecule has 0 radical (unpaired) electrons. The van der Waals surface area contributed by atoms with Crippen molar-refractivity contribution in [2.45, 2.75) is 65.6 Å². The number of imidazole rings is 1. The smallest absolute Gasteiger partial charge is 0.0946 e. The summed E-state index contributed by atoms with van der Waals surface area (Å²) in [7, 11) is 0. The van der Waals surface area contributed by atoms with Gasteiger partial charge < -0.3 is 9.88 Å². The quantitative estimate of drug-likeness (QED) is 0.839. The molecule has 1 aliphatic carbocycles. The number of nitrogens with one attached hydrogen (secondary N) is 1. The number of rotatable bonds is 6. The molecule has 1 aromatic rings. The van der Waals surface area contributed by atoms with Gasteiger partial charge in [0.05, 0.1) is 6.33 Å². The predicted octanol–water partition coefficient (Wildman–Crippen LogP) is 3.08. The Morgan fingerprint density at radius 2 is 2.11 bits per heavy atom. The lowest BCUT2D eigenvalue weighted by Gasteiger charge is -2.35. The third-order valence-electron chi connectivity index (χ3n) is 4.04. The third kappa shape index (κ3) is 3.58. The summed E-state index contributed by atoms with van der Waals surface area (Å²) in [5.41, 5.74) is 0.270. The highest BCUT2D eigenvalue weighted by atomic mass is 15.1. The Morgan fingerprint density at radius 1 is 1.39 bits per heavy atom. The van der Waals surface area contributed by atoms with Gasteiger partial charge in [0.1, 0.15) is 0 Å². The van der Waals surface area contributed by atoms with Crippen LogP contribution in [0.15, 0.2) is 18.7 Å². The Morgan fingerprint density at radius 3 is 2.56 bits per heavy atom. The van der Waals surface area contributed by atoms with Crippen LogP contribution in [0.1, 0.15) is 47.0 Å². The van der Waals surface area contributed by atoms with Crippen molar-refractivity contribution >= 4 is 0 Å².